The largest absolute Gasteiger partial charge is 0.481 e. The summed E-state index contributed by atoms with van der Waals surface area (Å²) in [6, 6.07) is 10.2. The summed E-state index contributed by atoms with van der Waals surface area (Å²) in [5.74, 6) is -1.30. The van der Waals surface area contributed by atoms with Gasteiger partial charge in [0.05, 0.1) is 10.9 Å². The number of hydrogen-bond donors (Lipinski definition) is 4. The van der Waals surface area contributed by atoms with E-state index >= 15 is 0 Å². The third-order valence-electron chi connectivity index (χ3n) is 4.78. The highest BCUT2D eigenvalue weighted by Crippen LogP contribution is 2.11. The fourth-order valence-corrected chi connectivity index (χ4v) is 3.29. The maximum absolute atomic E-state index is 13.0. The smallest absolute Gasteiger partial charge is 0.300 e. The van der Waals surface area contributed by atoms with E-state index in [0.717, 1.165) is 12.5 Å². The molecule has 0 spiro atoms. The van der Waals surface area contributed by atoms with Gasteiger partial charge in [-0.25, -0.2) is 4.98 Å². The van der Waals surface area contributed by atoms with Crippen molar-refractivity contribution in [1.29, 1.82) is 5.41 Å². The highest BCUT2D eigenvalue weighted by Gasteiger charge is 2.17. The Hall–Kier alpha value is -4.38. The first-order valence-corrected chi connectivity index (χ1v) is 10.4. The maximum atomic E-state index is 13.0. The summed E-state index contributed by atoms with van der Waals surface area (Å²) in [6.07, 6.45) is 5.26. The number of carboxylic acids is 1. The summed E-state index contributed by atoms with van der Waals surface area (Å²) < 4.78 is 2.90. The van der Waals surface area contributed by atoms with E-state index in [1.165, 1.54) is 15.0 Å². The minimum atomic E-state index is -0.833. The van der Waals surface area contributed by atoms with E-state index in [2.05, 4.69) is 15.3 Å². The molecule has 0 fully saturated rings. The molecule has 34 heavy (non-hydrogen) atoms. The van der Waals surface area contributed by atoms with Crippen LogP contribution in [-0.4, -0.2) is 47.6 Å². The van der Waals surface area contributed by atoms with Crippen LogP contribution in [0.5, 0.6) is 0 Å². The van der Waals surface area contributed by atoms with Gasteiger partial charge in [-0.05, 0) is 36.2 Å². The number of hydrogen-bond acceptors (Lipinski definition) is 7. The zero-order chi connectivity index (χ0) is 24.7. The summed E-state index contributed by atoms with van der Waals surface area (Å²) in [5, 5.41) is 28.2. The Morgan fingerprint density at radius 1 is 1.21 bits per heavy atom. The van der Waals surface area contributed by atoms with Crippen LogP contribution < -0.4 is 16.4 Å². The predicted octanol–water partition coefficient (Wildman–Crippen LogP) is 0.927. The van der Waals surface area contributed by atoms with E-state index in [-0.39, 0.29) is 41.7 Å². The lowest BCUT2D eigenvalue weighted by atomic mass is 10.2. The van der Waals surface area contributed by atoms with Crippen LogP contribution in [0.2, 0.25) is 0 Å². The van der Waals surface area contributed by atoms with Crippen LogP contribution in [-0.2, 0) is 17.9 Å². The highest BCUT2D eigenvalue weighted by atomic mass is 16.4. The zero-order valence-corrected chi connectivity index (χ0v) is 18.4. The lowest BCUT2D eigenvalue weighted by Crippen LogP contribution is -2.35. The second-order valence-corrected chi connectivity index (χ2v) is 7.28. The molecule has 4 rings (SSSR count). The molecule has 4 N–H and O–H groups in total. The van der Waals surface area contributed by atoms with Gasteiger partial charge in [0.2, 0.25) is 0 Å². The van der Waals surface area contributed by atoms with Crippen LogP contribution >= 0.6 is 0 Å². The molecule has 0 radical (unpaired) electrons. The molecule has 0 atom stereocenters. The van der Waals surface area contributed by atoms with Gasteiger partial charge in [0.25, 0.3) is 17.4 Å². The number of fused-ring (bicyclic) bond motifs is 2. The summed E-state index contributed by atoms with van der Waals surface area (Å²) in [7, 11) is 0. The molecule has 0 unspecified atom stereocenters. The average molecular weight is 464 g/mol. The van der Waals surface area contributed by atoms with E-state index in [1.54, 1.807) is 42.9 Å². The molecule has 0 saturated heterocycles. The van der Waals surface area contributed by atoms with Gasteiger partial charge >= 0.3 is 0 Å². The Morgan fingerprint density at radius 3 is 2.65 bits per heavy atom. The van der Waals surface area contributed by atoms with E-state index in [1.807, 2.05) is 6.07 Å². The van der Waals surface area contributed by atoms with Crippen LogP contribution in [0.25, 0.3) is 16.7 Å². The van der Waals surface area contributed by atoms with Crippen molar-refractivity contribution in [2.75, 3.05) is 6.61 Å². The summed E-state index contributed by atoms with van der Waals surface area (Å²) >= 11 is 0. The van der Waals surface area contributed by atoms with Gasteiger partial charge in [0, 0.05) is 45.2 Å². The maximum Gasteiger partial charge on any atom is 0.300 e. The normalized spacial score (nSPS) is 10.5. The van der Waals surface area contributed by atoms with Crippen molar-refractivity contribution in [2.45, 2.75) is 26.4 Å². The van der Waals surface area contributed by atoms with Crippen molar-refractivity contribution in [3.63, 3.8) is 0 Å². The topological polar surface area (TPSA) is 163 Å². The lowest BCUT2D eigenvalue weighted by molar-refractivity contribution is -0.134. The molecule has 0 aromatic carbocycles. The number of carboxylic acid groups (broad SMARTS) is 1. The minimum Gasteiger partial charge on any atom is -0.481 e. The molecule has 1 amide bonds. The number of rotatable bonds is 6. The second kappa shape index (κ2) is 11.0. The Kier molecular flexibility index (Phi) is 7.83. The minimum absolute atomic E-state index is 0.0631. The monoisotopic (exact) mass is 464 g/mol. The van der Waals surface area contributed by atoms with E-state index in [4.69, 9.17) is 15.3 Å². The molecule has 0 bridgehead atoms. The number of amides is 1. The quantitative estimate of drug-likeness (QED) is 0.308. The third-order valence-corrected chi connectivity index (χ3v) is 4.78. The molecule has 11 nitrogen and oxygen atoms in total. The number of aromatic nitrogens is 4. The first kappa shape index (κ1) is 24.3. The molecule has 0 aliphatic heterocycles. The van der Waals surface area contributed by atoms with Crippen molar-refractivity contribution < 1.29 is 19.8 Å². The van der Waals surface area contributed by atoms with E-state index in [0.29, 0.717) is 17.7 Å². The van der Waals surface area contributed by atoms with Gasteiger partial charge < -0.3 is 20.1 Å². The fourth-order valence-electron chi connectivity index (χ4n) is 3.29. The van der Waals surface area contributed by atoms with Crippen molar-refractivity contribution in [3.05, 3.63) is 82.0 Å². The Balaban J connectivity index is 0.000000751. The van der Waals surface area contributed by atoms with Crippen LogP contribution in [0.4, 0.5) is 0 Å². The van der Waals surface area contributed by atoms with Crippen LogP contribution in [0.3, 0.4) is 0 Å². The first-order chi connectivity index (χ1) is 16.3. The van der Waals surface area contributed by atoms with Gasteiger partial charge in [0.15, 0.2) is 0 Å². The zero-order valence-electron chi connectivity index (χ0n) is 18.4. The molecule has 176 valence electrons. The standard InChI is InChI=1S/C21H20N6O3.C2H4O2/c22-18-15(20(29)24-13-14-5-3-7-23-12-14)11-16-19(27(18)9-4-10-28)25-17-6-1-2-8-26(17)21(16)30;1-2(3)4/h1-3,5-8,11-12,22,28H,4,9-10,13H2,(H,24,29);1H3,(H,3,4). The number of pyridine rings is 3. The first-order valence-electron chi connectivity index (χ1n) is 10.4. The molecule has 11 heteroatoms. The molecule has 0 aliphatic carbocycles. The highest BCUT2D eigenvalue weighted by molar-refractivity contribution is 5.96. The van der Waals surface area contributed by atoms with E-state index < -0.39 is 11.9 Å². The number of aliphatic hydroxyl groups excluding tert-OH is 1. The van der Waals surface area contributed by atoms with Crippen molar-refractivity contribution in [1.82, 2.24) is 24.3 Å². The molecular formula is C23H24N6O5. The molecule has 0 saturated carbocycles. The van der Waals surface area contributed by atoms with Crippen LogP contribution in [0.15, 0.2) is 59.8 Å². The summed E-state index contributed by atoms with van der Waals surface area (Å²) in [4.78, 5) is 43.4. The van der Waals surface area contributed by atoms with Crippen LogP contribution in [0, 0.1) is 5.41 Å². The number of aliphatic hydroxyl groups is 1. The van der Waals surface area contributed by atoms with Gasteiger partial charge in [-0.2, -0.15) is 0 Å². The number of nitrogens with one attached hydrogen (secondary N) is 2. The summed E-state index contributed by atoms with van der Waals surface area (Å²) in [5.41, 5.74) is 1.26. The SMILES string of the molecule is CC(=O)O.N=c1c(C(=O)NCc2cccnc2)cc2c(=O)n3ccccc3nc2n1CCCO. The lowest BCUT2D eigenvalue weighted by Gasteiger charge is -2.14. The van der Waals surface area contributed by atoms with Crippen LogP contribution in [0.1, 0.15) is 29.3 Å². The number of nitrogens with zero attached hydrogens (tertiary/aromatic N) is 4. The third kappa shape index (κ3) is 5.51. The molecule has 0 aliphatic rings. The molecule has 4 aromatic heterocycles. The van der Waals surface area contributed by atoms with Crippen molar-refractivity contribution in [2.24, 2.45) is 0 Å². The Bertz CT molecular complexity index is 1440. The summed E-state index contributed by atoms with van der Waals surface area (Å²) in [6.45, 7) is 1.50. The fraction of sp³-hybridized carbons (Fsp3) is 0.217. The second-order valence-electron chi connectivity index (χ2n) is 7.28. The predicted molar refractivity (Wildman–Crippen MR) is 123 cm³/mol. The van der Waals surface area contributed by atoms with Gasteiger partial charge in [-0.1, -0.05) is 12.1 Å². The van der Waals surface area contributed by atoms with Crippen molar-refractivity contribution in [3.8, 4) is 0 Å². The van der Waals surface area contributed by atoms with Gasteiger partial charge in [-0.15, -0.1) is 0 Å². The Morgan fingerprint density at radius 2 is 1.97 bits per heavy atom. The number of carbonyl (C=O) groups is 2. The molecule has 4 aromatic rings. The average Bonchev–Trinajstić information content (AvgIpc) is 2.82. The van der Waals surface area contributed by atoms with Crippen molar-refractivity contribution >= 4 is 28.6 Å². The Labute approximate surface area is 193 Å². The number of aliphatic carboxylic acids is 1. The number of aryl methyl sites for hydroxylation is 1. The van der Waals surface area contributed by atoms with Gasteiger partial charge in [0.1, 0.15) is 16.8 Å². The number of carbonyl (C=O) groups excluding carboxylic acids is 1. The van der Waals surface area contributed by atoms with Gasteiger partial charge in [-0.3, -0.25) is 29.2 Å². The molecule has 4 heterocycles. The molecular weight excluding hydrogens is 440 g/mol. The van der Waals surface area contributed by atoms with E-state index in [9.17, 15) is 14.7 Å².